The predicted molar refractivity (Wildman–Crippen MR) is 123 cm³/mol. The van der Waals surface area contributed by atoms with Gasteiger partial charge in [-0.25, -0.2) is 8.42 Å². The number of fused-ring (bicyclic) bond motifs is 1. The second-order valence-electron chi connectivity index (χ2n) is 8.09. The molecule has 1 aliphatic carbocycles. The van der Waals surface area contributed by atoms with Gasteiger partial charge in [0.15, 0.2) is 9.84 Å². The number of hydrogen-bond donors (Lipinski definition) is 1. The molecule has 3 aromatic rings. The standard InChI is InChI=1S/C25H28N2O3S/c28-25(26-16-15-20-9-3-1-4-10-20)18-27-17-24(22-13-7-8-14-23(22)27)31(29,30)19-21-11-5-2-6-12-21/h2,5-9,11-14,17H,1,3-4,10,15-16,18-19H2,(H,26,28). The minimum absolute atomic E-state index is 0.0663. The van der Waals surface area contributed by atoms with Crippen LogP contribution in [0.3, 0.4) is 0 Å². The molecule has 31 heavy (non-hydrogen) atoms. The van der Waals surface area contributed by atoms with Crippen LogP contribution < -0.4 is 5.32 Å². The van der Waals surface area contributed by atoms with Crippen LogP contribution in [0, 0.1) is 0 Å². The van der Waals surface area contributed by atoms with Gasteiger partial charge in [-0.1, -0.05) is 60.2 Å². The summed E-state index contributed by atoms with van der Waals surface area (Å²) in [5.41, 5.74) is 2.92. The quantitative estimate of drug-likeness (QED) is 0.524. The molecule has 0 unspecified atom stereocenters. The summed E-state index contributed by atoms with van der Waals surface area (Å²) in [6.07, 6.45) is 9.53. The van der Waals surface area contributed by atoms with E-state index < -0.39 is 9.84 Å². The highest BCUT2D eigenvalue weighted by Gasteiger charge is 2.22. The van der Waals surface area contributed by atoms with Gasteiger partial charge in [0.2, 0.25) is 5.91 Å². The molecule has 0 spiro atoms. The maximum atomic E-state index is 13.1. The van der Waals surface area contributed by atoms with Crippen molar-refractivity contribution in [1.82, 2.24) is 9.88 Å². The van der Waals surface area contributed by atoms with Crippen molar-refractivity contribution in [2.75, 3.05) is 6.54 Å². The van der Waals surface area contributed by atoms with Crippen molar-refractivity contribution in [1.29, 1.82) is 0 Å². The number of sulfone groups is 1. The number of hydrogen-bond acceptors (Lipinski definition) is 3. The van der Waals surface area contributed by atoms with E-state index in [4.69, 9.17) is 0 Å². The van der Waals surface area contributed by atoms with Crippen molar-refractivity contribution in [2.24, 2.45) is 0 Å². The molecule has 6 heteroatoms. The molecule has 0 atom stereocenters. The molecule has 1 N–H and O–H groups in total. The first-order valence-corrected chi connectivity index (χ1v) is 12.5. The van der Waals surface area contributed by atoms with E-state index in [9.17, 15) is 13.2 Å². The summed E-state index contributed by atoms with van der Waals surface area (Å²) in [7, 11) is -3.55. The van der Waals surface area contributed by atoms with E-state index in [1.165, 1.54) is 18.4 Å². The van der Waals surface area contributed by atoms with E-state index >= 15 is 0 Å². The second-order valence-corrected chi connectivity index (χ2v) is 10.0. The fraction of sp³-hybridized carbons (Fsp3) is 0.320. The van der Waals surface area contributed by atoms with E-state index in [-0.39, 0.29) is 23.1 Å². The monoisotopic (exact) mass is 436 g/mol. The van der Waals surface area contributed by atoms with Gasteiger partial charge in [-0.15, -0.1) is 0 Å². The summed E-state index contributed by atoms with van der Waals surface area (Å²) in [5, 5.41) is 3.63. The van der Waals surface area contributed by atoms with Crippen LogP contribution in [-0.4, -0.2) is 25.4 Å². The first-order valence-electron chi connectivity index (χ1n) is 10.8. The second kappa shape index (κ2) is 9.52. The smallest absolute Gasteiger partial charge is 0.239 e. The molecule has 0 saturated heterocycles. The summed E-state index contributed by atoms with van der Waals surface area (Å²) in [5.74, 6) is -0.174. The maximum Gasteiger partial charge on any atom is 0.239 e. The fourth-order valence-electron chi connectivity index (χ4n) is 4.17. The van der Waals surface area contributed by atoms with E-state index in [0.717, 1.165) is 30.3 Å². The molecule has 5 nitrogen and oxygen atoms in total. The summed E-state index contributed by atoms with van der Waals surface area (Å²) < 4.78 is 28.0. The summed E-state index contributed by atoms with van der Waals surface area (Å²) in [4.78, 5) is 12.8. The molecule has 162 valence electrons. The van der Waals surface area contributed by atoms with Gasteiger partial charge in [0.1, 0.15) is 6.54 Å². The molecule has 0 fully saturated rings. The Morgan fingerprint density at radius 2 is 1.77 bits per heavy atom. The maximum absolute atomic E-state index is 13.1. The molecule has 0 aliphatic heterocycles. The fourth-order valence-corrected chi connectivity index (χ4v) is 5.75. The Balaban J connectivity index is 1.50. The first-order chi connectivity index (χ1) is 15.0. The number of allylic oxidation sites excluding steroid dienone is 1. The Bertz CT molecular complexity index is 1190. The third kappa shape index (κ3) is 5.25. The van der Waals surface area contributed by atoms with Gasteiger partial charge in [-0.05, 0) is 43.7 Å². The van der Waals surface area contributed by atoms with Crippen molar-refractivity contribution in [3.05, 3.63) is 78.0 Å². The third-order valence-electron chi connectivity index (χ3n) is 5.75. The topological polar surface area (TPSA) is 68.2 Å². The van der Waals surface area contributed by atoms with Crippen molar-refractivity contribution in [3.63, 3.8) is 0 Å². The lowest BCUT2D eigenvalue weighted by atomic mass is 9.97. The van der Waals surface area contributed by atoms with Gasteiger partial charge in [0.25, 0.3) is 0 Å². The Hall–Kier alpha value is -2.86. The molecule has 1 amide bonds. The lowest BCUT2D eigenvalue weighted by Gasteiger charge is -2.13. The molecular formula is C25H28N2O3S. The number of nitrogens with one attached hydrogen (secondary N) is 1. The highest BCUT2D eigenvalue weighted by molar-refractivity contribution is 7.90. The highest BCUT2D eigenvalue weighted by atomic mass is 32.2. The average Bonchev–Trinajstić information content (AvgIpc) is 3.14. The molecule has 0 radical (unpaired) electrons. The number of nitrogens with zero attached hydrogens (tertiary/aromatic N) is 1. The lowest BCUT2D eigenvalue weighted by molar-refractivity contribution is -0.121. The van der Waals surface area contributed by atoms with Crippen LogP contribution in [-0.2, 0) is 26.9 Å². The zero-order valence-corrected chi connectivity index (χ0v) is 18.4. The first kappa shape index (κ1) is 21.4. The molecule has 1 aliphatic rings. The molecule has 0 saturated carbocycles. The van der Waals surface area contributed by atoms with Gasteiger partial charge < -0.3 is 9.88 Å². The lowest BCUT2D eigenvalue weighted by Crippen LogP contribution is -2.28. The Kier molecular flexibility index (Phi) is 6.56. The van der Waals surface area contributed by atoms with Gasteiger partial charge in [-0.3, -0.25) is 4.79 Å². The van der Waals surface area contributed by atoms with Crippen LogP contribution >= 0.6 is 0 Å². The summed E-state index contributed by atoms with van der Waals surface area (Å²) in [6.45, 7) is 0.712. The zero-order valence-electron chi connectivity index (χ0n) is 17.6. The SMILES string of the molecule is O=C(Cn1cc(S(=O)(=O)Cc2ccccc2)c2ccccc21)NCCC1=CCCCC1. The average molecular weight is 437 g/mol. The van der Waals surface area contributed by atoms with Crippen LogP contribution in [0.1, 0.15) is 37.7 Å². The number of benzene rings is 2. The van der Waals surface area contributed by atoms with Crippen LogP contribution in [0.25, 0.3) is 10.9 Å². The predicted octanol–water partition coefficient (Wildman–Crippen LogP) is 4.62. The Morgan fingerprint density at radius 3 is 2.55 bits per heavy atom. The molecule has 1 aromatic heterocycles. The normalized spacial score (nSPS) is 14.4. The summed E-state index contributed by atoms with van der Waals surface area (Å²) >= 11 is 0. The molecule has 4 rings (SSSR count). The van der Waals surface area contributed by atoms with Crippen LogP contribution in [0.4, 0.5) is 0 Å². The van der Waals surface area contributed by atoms with Crippen LogP contribution in [0.15, 0.2) is 77.3 Å². The minimum Gasteiger partial charge on any atom is -0.354 e. The van der Waals surface area contributed by atoms with Crippen molar-refractivity contribution in [2.45, 2.75) is 49.3 Å². The third-order valence-corrected chi connectivity index (χ3v) is 7.46. The number of amides is 1. The zero-order chi connectivity index (χ0) is 21.7. The van der Waals surface area contributed by atoms with Crippen molar-refractivity contribution >= 4 is 26.6 Å². The molecule has 1 heterocycles. The van der Waals surface area contributed by atoms with Crippen LogP contribution in [0.5, 0.6) is 0 Å². The highest BCUT2D eigenvalue weighted by Crippen LogP contribution is 2.28. The number of aromatic nitrogens is 1. The van der Waals surface area contributed by atoms with Gasteiger partial charge in [0, 0.05) is 23.6 Å². The van der Waals surface area contributed by atoms with Crippen molar-refractivity contribution < 1.29 is 13.2 Å². The molecule has 0 bridgehead atoms. The largest absolute Gasteiger partial charge is 0.354 e. The number of rotatable bonds is 8. The molecular weight excluding hydrogens is 408 g/mol. The van der Waals surface area contributed by atoms with Crippen molar-refractivity contribution in [3.8, 4) is 0 Å². The van der Waals surface area contributed by atoms with E-state index in [0.29, 0.717) is 11.9 Å². The van der Waals surface area contributed by atoms with E-state index in [1.807, 2.05) is 48.5 Å². The van der Waals surface area contributed by atoms with Gasteiger partial charge in [-0.2, -0.15) is 0 Å². The number of para-hydroxylation sites is 1. The Morgan fingerprint density at radius 1 is 1.00 bits per heavy atom. The summed E-state index contributed by atoms with van der Waals surface area (Å²) in [6, 6.07) is 16.5. The van der Waals surface area contributed by atoms with Crippen LogP contribution in [0.2, 0.25) is 0 Å². The number of carbonyl (C=O) groups excluding carboxylic acids is 1. The van der Waals surface area contributed by atoms with E-state index in [1.54, 1.807) is 16.8 Å². The molecule has 2 aromatic carbocycles. The Labute approximate surface area is 183 Å². The van der Waals surface area contributed by atoms with Gasteiger partial charge in [0.05, 0.1) is 10.6 Å². The minimum atomic E-state index is -3.55. The van der Waals surface area contributed by atoms with E-state index in [2.05, 4.69) is 11.4 Å². The number of carbonyl (C=O) groups is 1. The van der Waals surface area contributed by atoms with Gasteiger partial charge >= 0.3 is 0 Å².